The van der Waals surface area contributed by atoms with Gasteiger partial charge in [-0.25, -0.2) is 9.78 Å². The number of imidazole rings is 1. The van der Waals surface area contributed by atoms with Gasteiger partial charge in [-0.15, -0.1) is 0 Å². The zero-order chi connectivity index (χ0) is 16.0. The number of carbonyl (C=O) groups is 1. The molecule has 1 saturated carbocycles. The van der Waals surface area contributed by atoms with Crippen LogP contribution >= 0.6 is 0 Å². The number of hydrogen-bond acceptors (Lipinski definition) is 4. The third-order valence-electron chi connectivity index (χ3n) is 5.00. The van der Waals surface area contributed by atoms with Crippen LogP contribution in [0, 0.1) is 18.3 Å². The highest BCUT2D eigenvalue weighted by molar-refractivity contribution is 5.78. The van der Waals surface area contributed by atoms with Crippen LogP contribution in [0.25, 0.3) is 11.0 Å². The Morgan fingerprint density at radius 1 is 1.52 bits per heavy atom. The number of ether oxygens (including phenoxy) is 1. The second-order valence-corrected chi connectivity index (χ2v) is 6.52. The summed E-state index contributed by atoms with van der Waals surface area (Å²) in [5.74, 6) is 0.939. The van der Waals surface area contributed by atoms with Crippen molar-refractivity contribution in [2.45, 2.75) is 44.2 Å². The van der Waals surface area contributed by atoms with E-state index < -0.39 is 5.60 Å². The van der Waals surface area contributed by atoms with E-state index in [1.54, 1.807) is 6.07 Å². The molecule has 1 saturated heterocycles. The number of rotatable bonds is 1. The highest BCUT2D eigenvalue weighted by Crippen LogP contribution is 2.41. The molecular weight excluding hydrogens is 292 g/mol. The summed E-state index contributed by atoms with van der Waals surface area (Å²) in [5, 5.41) is 11.9. The summed E-state index contributed by atoms with van der Waals surface area (Å²) in [6.07, 6.45) is 3.41. The number of nitrogens with zero attached hydrogens (tertiary/aromatic N) is 3. The SMILES string of the molecule is Cc1nc2ccc(C#N)cc2n1C1CCCC2(CNC(=O)O2)C1. The van der Waals surface area contributed by atoms with Gasteiger partial charge in [0.25, 0.3) is 0 Å². The normalized spacial score (nSPS) is 27.0. The van der Waals surface area contributed by atoms with E-state index in [1.165, 1.54) is 0 Å². The third-order valence-corrected chi connectivity index (χ3v) is 5.00. The average Bonchev–Trinajstić information content (AvgIpc) is 3.06. The van der Waals surface area contributed by atoms with Crippen LogP contribution in [0.2, 0.25) is 0 Å². The van der Waals surface area contributed by atoms with Crippen LogP contribution in [0.5, 0.6) is 0 Å². The van der Waals surface area contributed by atoms with Crippen molar-refractivity contribution in [2.24, 2.45) is 0 Å². The van der Waals surface area contributed by atoms with Crippen LogP contribution in [0.3, 0.4) is 0 Å². The van der Waals surface area contributed by atoms with Gasteiger partial charge in [0, 0.05) is 12.5 Å². The fourth-order valence-corrected chi connectivity index (χ4v) is 4.01. The van der Waals surface area contributed by atoms with Crippen molar-refractivity contribution in [3.8, 4) is 6.07 Å². The predicted octanol–water partition coefficient (Wildman–Crippen LogP) is 2.81. The van der Waals surface area contributed by atoms with Crippen LogP contribution in [0.1, 0.15) is 43.1 Å². The van der Waals surface area contributed by atoms with E-state index in [9.17, 15) is 4.79 Å². The van der Waals surface area contributed by atoms with E-state index >= 15 is 0 Å². The molecule has 0 bridgehead atoms. The van der Waals surface area contributed by atoms with Crippen molar-refractivity contribution in [1.82, 2.24) is 14.9 Å². The van der Waals surface area contributed by atoms with Gasteiger partial charge in [0.15, 0.2) is 0 Å². The fourth-order valence-electron chi connectivity index (χ4n) is 4.01. The van der Waals surface area contributed by atoms with E-state index in [4.69, 9.17) is 10.00 Å². The summed E-state index contributed by atoms with van der Waals surface area (Å²) in [7, 11) is 0. The number of nitriles is 1. The van der Waals surface area contributed by atoms with E-state index in [0.717, 1.165) is 42.5 Å². The molecule has 118 valence electrons. The third kappa shape index (κ3) is 2.24. The van der Waals surface area contributed by atoms with Gasteiger partial charge < -0.3 is 14.6 Å². The Balaban J connectivity index is 1.75. The molecule has 1 amide bonds. The number of nitrogens with one attached hydrogen (secondary N) is 1. The van der Waals surface area contributed by atoms with Crippen molar-refractivity contribution < 1.29 is 9.53 Å². The lowest BCUT2D eigenvalue weighted by Crippen LogP contribution is -2.39. The highest BCUT2D eigenvalue weighted by Gasteiger charge is 2.45. The second kappa shape index (κ2) is 4.98. The van der Waals surface area contributed by atoms with Gasteiger partial charge in [-0.05, 0) is 44.4 Å². The fraction of sp³-hybridized carbons (Fsp3) is 0.471. The molecule has 2 aliphatic rings. The molecule has 1 aliphatic heterocycles. The van der Waals surface area contributed by atoms with Crippen molar-refractivity contribution in [3.05, 3.63) is 29.6 Å². The van der Waals surface area contributed by atoms with Crippen molar-refractivity contribution in [2.75, 3.05) is 6.54 Å². The maximum absolute atomic E-state index is 11.5. The molecular formula is C17H18N4O2. The minimum Gasteiger partial charge on any atom is -0.441 e. The standard InChI is InChI=1S/C17H18N4O2/c1-11-20-14-5-4-12(9-18)7-15(14)21(11)13-3-2-6-17(8-13)10-19-16(22)23-17/h4-5,7,13H,2-3,6,8,10H2,1H3,(H,19,22). The maximum atomic E-state index is 11.5. The molecule has 2 aromatic rings. The van der Waals surface area contributed by atoms with Gasteiger partial charge in [0.05, 0.1) is 29.2 Å². The molecule has 4 rings (SSSR count). The molecule has 1 aromatic heterocycles. The number of carbonyl (C=O) groups excluding carboxylic acids is 1. The van der Waals surface area contributed by atoms with Gasteiger partial charge in [0.2, 0.25) is 0 Å². The lowest BCUT2D eigenvalue weighted by Gasteiger charge is -2.36. The summed E-state index contributed by atoms with van der Waals surface area (Å²) >= 11 is 0. The summed E-state index contributed by atoms with van der Waals surface area (Å²) in [4.78, 5) is 16.1. The zero-order valence-electron chi connectivity index (χ0n) is 13.0. The van der Waals surface area contributed by atoms with E-state index in [-0.39, 0.29) is 12.1 Å². The van der Waals surface area contributed by atoms with Crippen molar-refractivity contribution in [3.63, 3.8) is 0 Å². The van der Waals surface area contributed by atoms with E-state index in [0.29, 0.717) is 12.1 Å². The number of aromatic nitrogens is 2. The number of aryl methyl sites for hydroxylation is 1. The monoisotopic (exact) mass is 310 g/mol. The highest BCUT2D eigenvalue weighted by atomic mass is 16.6. The van der Waals surface area contributed by atoms with Gasteiger partial charge in [-0.2, -0.15) is 5.26 Å². The summed E-state index contributed by atoms with van der Waals surface area (Å²) in [6, 6.07) is 8.01. The molecule has 2 atom stereocenters. The Morgan fingerprint density at radius 2 is 2.39 bits per heavy atom. The minimum atomic E-state index is -0.393. The zero-order valence-corrected chi connectivity index (χ0v) is 13.0. The average molecular weight is 310 g/mol. The Bertz CT molecular complexity index is 835. The molecule has 0 radical (unpaired) electrons. The first-order valence-electron chi connectivity index (χ1n) is 7.96. The Kier molecular flexibility index (Phi) is 3.05. The Morgan fingerprint density at radius 3 is 3.13 bits per heavy atom. The molecule has 23 heavy (non-hydrogen) atoms. The van der Waals surface area contributed by atoms with Crippen LogP contribution in [-0.4, -0.2) is 27.8 Å². The molecule has 2 heterocycles. The van der Waals surface area contributed by atoms with Gasteiger partial charge in [-0.1, -0.05) is 0 Å². The first-order valence-corrected chi connectivity index (χ1v) is 7.96. The van der Waals surface area contributed by atoms with E-state index in [2.05, 4.69) is 20.9 Å². The quantitative estimate of drug-likeness (QED) is 0.878. The number of hydrogen-bond donors (Lipinski definition) is 1. The molecule has 1 spiro atoms. The molecule has 1 aromatic carbocycles. The van der Waals surface area contributed by atoms with Gasteiger partial charge in [-0.3, -0.25) is 0 Å². The number of amides is 1. The molecule has 2 fully saturated rings. The maximum Gasteiger partial charge on any atom is 0.407 e. The topological polar surface area (TPSA) is 79.9 Å². The molecule has 2 unspecified atom stereocenters. The van der Waals surface area contributed by atoms with Crippen molar-refractivity contribution >= 4 is 17.1 Å². The van der Waals surface area contributed by atoms with Gasteiger partial charge in [0.1, 0.15) is 11.4 Å². The predicted molar refractivity (Wildman–Crippen MR) is 83.9 cm³/mol. The minimum absolute atomic E-state index is 0.232. The molecule has 1 N–H and O–H groups in total. The van der Waals surface area contributed by atoms with Crippen molar-refractivity contribution in [1.29, 1.82) is 5.26 Å². The molecule has 6 heteroatoms. The van der Waals surface area contributed by atoms with Crippen LogP contribution in [0.4, 0.5) is 4.79 Å². The Hall–Kier alpha value is -2.55. The molecule has 6 nitrogen and oxygen atoms in total. The second-order valence-electron chi connectivity index (χ2n) is 6.52. The summed E-state index contributed by atoms with van der Waals surface area (Å²) in [6.45, 7) is 2.57. The Labute approximate surface area is 134 Å². The van der Waals surface area contributed by atoms with Crippen LogP contribution in [-0.2, 0) is 4.74 Å². The van der Waals surface area contributed by atoms with Gasteiger partial charge >= 0.3 is 6.09 Å². The lowest BCUT2D eigenvalue weighted by atomic mass is 9.81. The summed E-state index contributed by atoms with van der Waals surface area (Å²) < 4.78 is 7.79. The smallest absolute Gasteiger partial charge is 0.407 e. The van der Waals surface area contributed by atoms with Crippen LogP contribution in [0.15, 0.2) is 18.2 Å². The lowest BCUT2D eigenvalue weighted by molar-refractivity contribution is 0.00992. The first kappa shape index (κ1) is 14.1. The first-order chi connectivity index (χ1) is 11.1. The van der Waals surface area contributed by atoms with Crippen LogP contribution < -0.4 is 5.32 Å². The number of alkyl carbamates (subject to hydrolysis) is 1. The number of fused-ring (bicyclic) bond motifs is 1. The summed E-state index contributed by atoms with van der Waals surface area (Å²) in [5.41, 5.74) is 2.14. The molecule has 1 aliphatic carbocycles. The number of benzene rings is 1. The van der Waals surface area contributed by atoms with E-state index in [1.807, 2.05) is 19.1 Å². The largest absolute Gasteiger partial charge is 0.441 e.